The SMILES string of the molecule is O=CC=Cc1ccc(C(F)(F)F)nc1. The van der Waals surface area contributed by atoms with Crippen molar-refractivity contribution >= 4 is 12.4 Å². The van der Waals surface area contributed by atoms with E-state index in [0.717, 1.165) is 12.3 Å². The number of hydrogen-bond donors (Lipinski definition) is 0. The minimum Gasteiger partial charge on any atom is -0.299 e. The molecule has 0 aliphatic rings. The molecule has 0 amide bonds. The third kappa shape index (κ3) is 2.69. The second-order valence-electron chi connectivity index (χ2n) is 2.47. The molecule has 0 saturated carbocycles. The van der Waals surface area contributed by atoms with Crippen molar-refractivity contribution in [2.24, 2.45) is 0 Å². The quantitative estimate of drug-likeness (QED) is 0.542. The van der Waals surface area contributed by atoms with Crippen LogP contribution in [0, 0.1) is 0 Å². The highest BCUT2D eigenvalue weighted by Gasteiger charge is 2.31. The number of pyridine rings is 1. The Morgan fingerprint density at radius 2 is 2.00 bits per heavy atom. The van der Waals surface area contributed by atoms with Crippen LogP contribution in [0.2, 0.25) is 0 Å². The summed E-state index contributed by atoms with van der Waals surface area (Å²) >= 11 is 0. The monoisotopic (exact) mass is 201 g/mol. The molecule has 1 aromatic heterocycles. The standard InChI is InChI=1S/C9H6F3NO/c10-9(11,12)8-4-3-7(6-13-8)2-1-5-14/h1-6H. The van der Waals surface area contributed by atoms with Crippen molar-refractivity contribution < 1.29 is 18.0 Å². The molecule has 1 rings (SSSR count). The van der Waals surface area contributed by atoms with Crippen LogP contribution >= 0.6 is 0 Å². The molecule has 0 atom stereocenters. The molecule has 0 aromatic carbocycles. The molecule has 14 heavy (non-hydrogen) atoms. The largest absolute Gasteiger partial charge is 0.433 e. The second kappa shape index (κ2) is 4.04. The number of carbonyl (C=O) groups excluding carboxylic acids is 1. The van der Waals surface area contributed by atoms with Gasteiger partial charge in [-0.2, -0.15) is 13.2 Å². The molecule has 0 aliphatic heterocycles. The first-order chi connectivity index (χ1) is 6.54. The lowest BCUT2D eigenvalue weighted by Gasteiger charge is -2.04. The number of rotatable bonds is 2. The average molecular weight is 201 g/mol. The molecule has 0 unspecified atom stereocenters. The summed E-state index contributed by atoms with van der Waals surface area (Å²) in [6.45, 7) is 0. The first-order valence-corrected chi connectivity index (χ1v) is 3.69. The van der Waals surface area contributed by atoms with Crippen LogP contribution in [0.1, 0.15) is 11.3 Å². The zero-order valence-electron chi connectivity index (χ0n) is 6.95. The predicted octanol–water partition coefficient (Wildman–Crippen LogP) is 2.31. The summed E-state index contributed by atoms with van der Waals surface area (Å²) in [5.74, 6) is 0. The molecule has 1 aromatic rings. The van der Waals surface area contributed by atoms with Crippen LogP contribution < -0.4 is 0 Å². The lowest BCUT2D eigenvalue weighted by Crippen LogP contribution is -2.07. The molecule has 1 heterocycles. The third-order valence-electron chi connectivity index (χ3n) is 1.44. The van der Waals surface area contributed by atoms with Gasteiger partial charge in [0.1, 0.15) is 12.0 Å². The second-order valence-corrected chi connectivity index (χ2v) is 2.47. The molecule has 5 heteroatoms. The Labute approximate surface area is 78.1 Å². The van der Waals surface area contributed by atoms with Gasteiger partial charge in [0.25, 0.3) is 0 Å². The maximum atomic E-state index is 12.0. The summed E-state index contributed by atoms with van der Waals surface area (Å²) in [4.78, 5) is 13.1. The topological polar surface area (TPSA) is 30.0 Å². The van der Waals surface area contributed by atoms with E-state index in [9.17, 15) is 18.0 Å². The van der Waals surface area contributed by atoms with Gasteiger partial charge in [-0.1, -0.05) is 12.1 Å². The zero-order valence-corrected chi connectivity index (χ0v) is 6.95. The molecule has 0 aliphatic carbocycles. The van der Waals surface area contributed by atoms with E-state index in [1.807, 2.05) is 0 Å². The number of halogens is 3. The fourth-order valence-corrected chi connectivity index (χ4v) is 0.822. The number of nitrogens with zero attached hydrogens (tertiary/aromatic N) is 1. The Bertz CT molecular complexity index is 340. The molecular weight excluding hydrogens is 195 g/mol. The van der Waals surface area contributed by atoms with E-state index >= 15 is 0 Å². The van der Waals surface area contributed by atoms with Gasteiger partial charge in [-0.25, -0.2) is 0 Å². The van der Waals surface area contributed by atoms with E-state index in [0.29, 0.717) is 11.8 Å². The molecule has 0 bridgehead atoms. The predicted molar refractivity (Wildman–Crippen MR) is 44.3 cm³/mol. The Balaban J connectivity index is 2.89. The summed E-state index contributed by atoms with van der Waals surface area (Å²) in [6.07, 6.45) is -0.266. The first kappa shape index (κ1) is 10.4. The molecule has 0 N–H and O–H groups in total. The number of hydrogen-bond acceptors (Lipinski definition) is 2. The van der Waals surface area contributed by atoms with Gasteiger partial charge < -0.3 is 0 Å². The van der Waals surface area contributed by atoms with Gasteiger partial charge in [0.05, 0.1) is 0 Å². The molecule has 74 valence electrons. The number of aldehydes is 1. The Morgan fingerprint density at radius 3 is 2.43 bits per heavy atom. The van der Waals surface area contributed by atoms with Gasteiger partial charge in [0, 0.05) is 6.20 Å². The minimum atomic E-state index is -4.42. The van der Waals surface area contributed by atoms with E-state index in [1.54, 1.807) is 0 Å². The maximum Gasteiger partial charge on any atom is 0.433 e. The van der Waals surface area contributed by atoms with Crippen molar-refractivity contribution in [3.63, 3.8) is 0 Å². The lowest BCUT2D eigenvalue weighted by atomic mass is 10.2. The molecular formula is C9H6F3NO. The van der Waals surface area contributed by atoms with Crippen LogP contribution in [-0.4, -0.2) is 11.3 Å². The van der Waals surface area contributed by atoms with Gasteiger partial charge in [-0.05, 0) is 17.7 Å². The van der Waals surface area contributed by atoms with E-state index in [1.165, 1.54) is 18.2 Å². The normalized spacial score (nSPS) is 11.9. The fourth-order valence-electron chi connectivity index (χ4n) is 0.822. The first-order valence-electron chi connectivity index (χ1n) is 3.69. The van der Waals surface area contributed by atoms with Crippen LogP contribution in [0.25, 0.3) is 6.08 Å². The van der Waals surface area contributed by atoms with Crippen LogP contribution in [0.5, 0.6) is 0 Å². The maximum absolute atomic E-state index is 12.0. The average Bonchev–Trinajstić information content (AvgIpc) is 2.14. The van der Waals surface area contributed by atoms with Crippen LogP contribution in [0.4, 0.5) is 13.2 Å². The van der Waals surface area contributed by atoms with Gasteiger partial charge >= 0.3 is 6.18 Å². The van der Waals surface area contributed by atoms with Crippen LogP contribution in [0.3, 0.4) is 0 Å². The van der Waals surface area contributed by atoms with Gasteiger partial charge in [0.2, 0.25) is 0 Å². The highest BCUT2D eigenvalue weighted by molar-refractivity contribution is 5.73. The highest BCUT2D eigenvalue weighted by Crippen LogP contribution is 2.27. The Morgan fingerprint density at radius 1 is 1.29 bits per heavy atom. The number of aromatic nitrogens is 1. The summed E-state index contributed by atoms with van der Waals surface area (Å²) < 4.78 is 36.1. The van der Waals surface area contributed by atoms with Crippen molar-refractivity contribution in [1.82, 2.24) is 4.98 Å². The third-order valence-corrected chi connectivity index (χ3v) is 1.44. The van der Waals surface area contributed by atoms with Gasteiger partial charge in [-0.3, -0.25) is 9.78 Å². The van der Waals surface area contributed by atoms with Gasteiger partial charge in [0.15, 0.2) is 0 Å². The molecule has 0 fully saturated rings. The van der Waals surface area contributed by atoms with Crippen molar-refractivity contribution in [2.45, 2.75) is 6.18 Å². The smallest absolute Gasteiger partial charge is 0.299 e. The molecule has 0 spiro atoms. The number of alkyl halides is 3. The van der Waals surface area contributed by atoms with Crippen LogP contribution in [0.15, 0.2) is 24.4 Å². The molecule has 0 saturated heterocycles. The van der Waals surface area contributed by atoms with Crippen molar-refractivity contribution in [3.8, 4) is 0 Å². The molecule has 2 nitrogen and oxygen atoms in total. The lowest BCUT2D eigenvalue weighted by molar-refractivity contribution is -0.141. The summed E-state index contributed by atoms with van der Waals surface area (Å²) in [6, 6.07) is 2.11. The van der Waals surface area contributed by atoms with Crippen molar-refractivity contribution in [2.75, 3.05) is 0 Å². The Hall–Kier alpha value is -1.65. The van der Waals surface area contributed by atoms with E-state index < -0.39 is 11.9 Å². The number of carbonyl (C=O) groups is 1. The van der Waals surface area contributed by atoms with Crippen molar-refractivity contribution in [1.29, 1.82) is 0 Å². The fraction of sp³-hybridized carbons (Fsp3) is 0.111. The summed E-state index contributed by atoms with van der Waals surface area (Å²) in [5.41, 5.74) is -0.495. The van der Waals surface area contributed by atoms with E-state index in [-0.39, 0.29) is 0 Å². The van der Waals surface area contributed by atoms with E-state index in [4.69, 9.17) is 0 Å². The van der Waals surface area contributed by atoms with E-state index in [2.05, 4.69) is 4.98 Å². The summed E-state index contributed by atoms with van der Waals surface area (Å²) in [7, 11) is 0. The molecule has 0 radical (unpaired) electrons. The minimum absolute atomic E-state index is 0.449. The zero-order chi connectivity index (χ0) is 10.6. The van der Waals surface area contributed by atoms with Gasteiger partial charge in [-0.15, -0.1) is 0 Å². The number of allylic oxidation sites excluding steroid dienone is 1. The van der Waals surface area contributed by atoms with Crippen molar-refractivity contribution in [3.05, 3.63) is 35.7 Å². The highest BCUT2D eigenvalue weighted by atomic mass is 19.4. The Kier molecular flexibility index (Phi) is 3.01. The summed E-state index contributed by atoms with van der Waals surface area (Å²) in [5, 5.41) is 0. The van der Waals surface area contributed by atoms with Crippen LogP contribution in [-0.2, 0) is 11.0 Å².